The quantitative estimate of drug-likeness (QED) is 0.497. The summed E-state index contributed by atoms with van der Waals surface area (Å²) in [4.78, 5) is 19.6. The Balaban J connectivity index is 3.74. The van der Waals surface area contributed by atoms with Gasteiger partial charge in [-0.2, -0.15) is 5.26 Å². The number of hydrogen-bond donors (Lipinski definition) is 2. The van der Waals surface area contributed by atoms with Crippen molar-refractivity contribution in [1.29, 1.82) is 5.26 Å². The molecule has 0 heterocycles. The van der Waals surface area contributed by atoms with E-state index in [1.54, 1.807) is 6.07 Å². The second kappa shape index (κ2) is 4.32. The Labute approximate surface area is 57.3 Å². The molecule has 0 aromatic rings. The smallest absolute Gasteiger partial charge is 0.306 e. The minimum atomic E-state index is -1.11. The summed E-state index contributed by atoms with van der Waals surface area (Å²) in [7, 11) is 0. The number of carboxylic acid groups (broad SMARTS) is 1. The summed E-state index contributed by atoms with van der Waals surface area (Å²) in [5.74, 6) is -1.11. The zero-order valence-corrected chi connectivity index (χ0v) is 5.07. The molecule has 0 bridgehead atoms. The molecule has 0 fully saturated rings. The summed E-state index contributed by atoms with van der Waals surface area (Å²) >= 11 is 0. The van der Waals surface area contributed by atoms with Crippen LogP contribution in [0.15, 0.2) is 0 Å². The van der Waals surface area contributed by atoms with Crippen LogP contribution in [-0.4, -0.2) is 23.5 Å². The fourth-order valence-electron chi connectivity index (χ4n) is 0.399. The van der Waals surface area contributed by atoms with Gasteiger partial charge in [-0.1, -0.05) is 0 Å². The molecule has 0 aliphatic rings. The van der Waals surface area contributed by atoms with Crippen LogP contribution < -0.4 is 5.32 Å². The van der Waals surface area contributed by atoms with Gasteiger partial charge < -0.3 is 10.4 Å². The van der Waals surface area contributed by atoms with Crippen molar-refractivity contribution >= 4 is 12.4 Å². The minimum Gasteiger partial charge on any atom is -0.481 e. The van der Waals surface area contributed by atoms with Crippen LogP contribution in [0.5, 0.6) is 0 Å². The number of nitrogens with zero attached hydrogens (tertiary/aromatic N) is 1. The van der Waals surface area contributed by atoms with E-state index in [0.717, 1.165) is 0 Å². The lowest BCUT2D eigenvalue weighted by Gasteiger charge is -2.01. The summed E-state index contributed by atoms with van der Waals surface area (Å²) in [6.07, 6.45) is -0.0634. The number of aliphatic carboxylic acids is 1. The molecule has 0 rings (SSSR count). The molecule has 54 valence electrons. The monoisotopic (exact) mass is 142 g/mol. The van der Waals surface area contributed by atoms with E-state index in [4.69, 9.17) is 10.4 Å². The lowest BCUT2D eigenvalue weighted by atomic mass is 10.2. The number of amides is 1. The molecule has 0 aromatic heterocycles. The molecule has 1 amide bonds. The van der Waals surface area contributed by atoms with E-state index >= 15 is 0 Å². The Bertz CT molecular complexity index is 172. The SMILES string of the molecule is N#C[C@H](CC(=O)O)NC=O. The summed E-state index contributed by atoms with van der Waals surface area (Å²) in [5, 5.41) is 18.3. The molecule has 0 spiro atoms. The molecule has 0 unspecified atom stereocenters. The van der Waals surface area contributed by atoms with Gasteiger partial charge in [0, 0.05) is 0 Å². The molecule has 0 saturated carbocycles. The van der Waals surface area contributed by atoms with E-state index in [1.807, 2.05) is 5.32 Å². The fraction of sp³-hybridized carbons (Fsp3) is 0.400. The van der Waals surface area contributed by atoms with Crippen molar-refractivity contribution in [3.8, 4) is 6.07 Å². The predicted molar refractivity (Wildman–Crippen MR) is 30.9 cm³/mol. The predicted octanol–water partition coefficient (Wildman–Crippen LogP) is -0.901. The van der Waals surface area contributed by atoms with Gasteiger partial charge in [0.25, 0.3) is 0 Å². The number of carbonyl (C=O) groups excluding carboxylic acids is 1. The number of nitrogens with one attached hydrogen (secondary N) is 1. The Hall–Kier alpha value is -1.57. The normalized spacial score (nSPS) is 11.1. The van der Waals surface area contributed by atoms with Crippen molar-refractivity contribution in [1.82, 2.24) is 5.32 Å². The first-order valence-electron chi connectivity index (χ1n) is 2.51. The average Bonchev–Trinajstić information content (AvgIpc) is 1.86. The molecule has 5 heteroatoms. The largest absolute Gasteiger partial charge is 0.481 e. The Kier molecular flexibility index (Phi) is 3.64. The highest BCUT2D eigenvalue weighted by Gasteiger charge is 2.09. The average molecular weight is 142 g/mol. The highest BCUT2D eigenvalue weighted by Crippen LogP contribution is 1.87. The number of hydrogen-bond acceptors (Lipinski definition) is 3. The fourth-order valence-corrected chi connectivity index (χ4v) is 0.399. The van der Waals surface area contributed by atoms with Gasteiger partial charge >= 0.3 is 5.97 Å². The van der Waals surface area contributed by atoms with Crippen molar-refractivity contribution in [3.63, 3.8) is 0 Å². The Morgan fingerprint density at radius 3 is 2.80 bits per heavy atom. The third-order valence-electron chi connectivity index (χ3n) is 0.804. The van der Waals surface area contributed by atoms with Gasteiger partial charge in [0.2, 0.25) is 6.41 Å². The van der Waals surface area contributed by atoms with Crippen LogP contribution in [-0.2, 0) is 9.59 Å². The van der Waals surface area contributed by atoms with Gasteiger partial charge in [-0.3, -0.25) is 9.59 Å². The molecule has 2 N–H and O–H groups in total. The topological polar surface area (TPSA) is 90.2 Å². The van der Waals surface area contributed by atoms with Gasteiger partial charge in [0.05, 0.1) is 12.5 Å². The van der Waals surface area contributed by atoms with Gasteiger partial charge in [0.1, 0.15) is 6.04 Å². The third kappa shape index (κ3) is 3.43. The van der Waals surface area contributed by atoms with Crippen LogP contribution in [0, 0.1) is 11.3 Å². The van der Waals surface area contributed by atoms with E-state index in [1.165, 1.54) is 0 Å². The van der Waals surface area contributed by atoms with Crippen LogP contribution in [0.3, 0.4) is 0 Å². The van der Waals surface area contributed by atoms with Crippen LogP contribution in [0.1, 0.15) is 6.42 Å². The Morgan fingerprint density at radius 2 is 2.50 bits per heavy atom. The van der Waals surface area contributed by atoms with E-state index in [0.29, 0.717) is 6.41 Å². The number of carboxylic acids is 1. The van der Waals surface area contributed by atoms with Gasteiger partial charge in [-0.15, -0.1) is 0 Å². The first-order valence-corrected chi connectivity index (χ1v) is 2.51. The maximum atomic E-state index is 9.94. The molecule has 0 aromatic carbocycles. The molecular formula is C5H6N2O3. The van der Waals surface area contributed by atoms with Crippen LogP contribution in [0.25, 0.3) is 0 Å². The van der Waals surface area contributed by atoms with Crippen molar-refractivity contribution in [2.45, 2.75) is 12.5 Å². The zero-order chi connectivity index (χ0) is 7.98. The van der Waals surface area contributed by atoms with E-state index in [-0.39, 0.29) is 6.42 Å². The third-order valence-corrected chi connectivity index (χ3v) is 0.804. The lowest BCUT2D eigenvalue weighted by molar-refractivity contribution is -0.137. The lowest BCUT2D eigenvalue weighted by Crippen LogP contribution is -2.28. The molecule has 10 heavy (non-hydrogen) atoms. The first kappa shape index (κ1) is 8.43. The summed E-state index contributed by atoms with van der Waals surface area (Å²) < 4.78 is 0. The number of nitriles is 1. The summed E-state index contributed by atoms with van der Waals surface area (Å²) in [6, 6.07) is 0.690. The van der Waals surface area contributed by atoms with Gasteiger partial charge in [-0.25, -0.2) is 0 Å². The maximum Gasteiger partial charge on any atom is 0.306 e. The standard InChI is InChI=1S/C5H6N2O3/c6-2-4(7-3-8)1-5(9)10/h3-4H,1H2,(H,7,8)(H,9,10)/t4-/m0/s1. The molecule has 5 nitrogen and oxygen atoms in total. The van der Waals surface area contributed by atoms with E-state index in [9.17, 15) is 9.59 Å². The highest BCUT2D eigenvalue weighted by atomic mass is 16.4. The molecule has 1 atom stereocenters. The van der Waals surface area contributed by atoms with Crippen molar-refractivity contribution in [3.05, 3.63) is 0 Å². The number of rotatable bonds is 4. The second-order valence-electron chi connectivity index (χ2n) is 1.56. The molecule has 0 radical (unpaired) electrons. The van der Waals surface area contributed by atoms with E-state index in [2.05, 4.69) is 0 Å². The van der Waals surface area contributed by atoms with Crippen molar-refractivity contribution in [2.75, 3.05) is 0 Å². The van der Waals surface area contributed by atoms with Crippen LogP contribution in [0.2, 0.25) is 0 Å². The molecule has 0 aliphatic heterocycles. The van der Waals surface area contributed by atoms with Gasteiger partial charge in [-0.05, 0) is 0 Å². The minimum absolute atomic E-state index is 0.302. The first-order chi connectivity index (χ1) is 4.70. The van der Waals surface area contributed by atoms with E-state index < -0.39 is 12.0 Å². The summed E-state index contributed by atoms with van der Waals surface area (Å²) in [6.45, 7) is 0. The number of carbonyl (C=O) groups is 2. The Morgan fingerprint density at radius 1 is 1.90 bits per heavy atom. The zero-order valence-electron chi connectivity index (χ0n) is 5.07. The summed E-state index contributed by atoms with van der Waals surface area (Å²) in [5.41, 5.74) is 0. The molecule has 0 aliphatic carbocycles. The maximum absolute atomic E-state index is 9.94. The van der Waals surface area contributed by atoms with Crippen LogP contribution >= 0.6 is 0 Å². The van der Waals surface area contributed by atoms with Crippen molar-refractivity contribution < 1.29 is 14.7 Å². The molecular weight excluding hydrogens is 136 g/mol. The second-order valence-corrected chi connectivity index (χ2v) is 1.56. The van der Waals surface area contributed by atoms with Crippen molar-refractivity contribution in [2.24, 2.45) is 0 Å². The highest BCUT2D eigenvalue weighted by molar-refractivity contribution is 5.68. The van der Waals surface area contributed by atoms with Crippen LogP contribution in [0.4, 0.5) is 0 Å². The molecule has 0 saturated heterocycles. The van der Waals surface area contributed by atoms with Gasteiger partial charge in [0.15, 0.2) is 0 Å².